The third-order valence-electron chi connectivity index (χ3n) is 6.44. The number of rotatable bonds is 7. The van der Waals surface area contributed by atoms with Gasteiger partial charge in [0.2, 0.25) is 5.91 Å². The van der Waals surface area contributed by atoms with Gasteiger partial charge in [0.05, 0.1) is 6.54 Å². The van der Waals surface area contributed by atoms with Crippen molar-refractivity contribution in [2.75, 3.05) is 32.7 Å². The number of piperidine rings is 2. The van der Waals surface area contributed by atoms with Crippen molar-refractivity contribution in [3.05, 3.63) is 0 Å². The van der Waals surface area contributed by atoms with Crippen molar-refractivity contribution < 1.29 is 14.7 Å². The Kier molecular flexibility index (Phi) is 7.73. The largest absolute Gasteiger partial charge is 0.480 e. The molecule has 1 atom stereocenters. The Labute approximate surface area is 152 Å². The summed E-state index contributed by atoms with van der Waals surface area (Å²) in [6.45, 7) is 10.6. The standard InChI is InChI=1S/C20H36N2O3/c1-15(2)17-8-12-22(13-9-17)19(23)5-4-16(3)18-6-10-21(11-7-18)14-20(24)25/h15-18H,4-14H2,1-3H3,(H,24,25). The van der Waals surface area contributed by atoms with Crippen LogP contribution in [0.25, 0.3) is 0 Å². The summed E-state index contributed by atoms with van der Waals surface area (Å²) in [5, 5.41) is 8.87. The molecule has 2 saturated heterocycles. The zero-order valence-electron chi connectivity index (χ0n) is 16.2. The number of carboxylic acids is 1. The fourth-order valence-electron chi connectivity index (χ4n) is 4.43. The summed E-state index contributed by atoms with van der Waals surface area (Å²) in [5.74, 6) is 2.27. The van der Waals surface area contributed by atoms with Gasteiger partial charge in [-0.05, 0) is 68.9 Å². The Morgan fingerprint density at radius 2 is 1.52 bits per heavy atom. The van der Waals surface area contributed by atoms with E-state index in [0.717, 1.165) is 70.1 Å². The Bertz CT molecular complexity index is 436. The molecule has 1 amide bonds. The number of hydrogen-bond acceptors (Lipinski definition) is 3. The van der Waals surface area contributed by atoms with E-state index in [1.54, 1.807) is 0 Å². The van der Waals surface area contributed by atoms with E-state index in [0.29, 0.717) is 24.2 Å². The van der Waals surface area contributed by atoms with E-state index >= 15 is 0 Å². The number of hydrogen-bond donors (Lipinski definition) is 1. The molecule has 0 aliphatic carbocycles. The molecule has 2 fully saturated rings. The maximum atomic E-state index is 12.5. The second-order valence-electron chi connectivity index (χ2n) is 8.49. The van der Waals surface area contributed by atoms with E-state index in [4.69, 9.17) is 5.11 Å². The minimum atomic E-state index is -0.738. The number of likely N-dealkylation sites (tertiary alicyclic amines) is 2. The molecule has 2 rings (SSSR count). The van der Waals surface area contributed by atoms with Gasteiger partial charge in [-0.15, -0.1) is 0 Å². The van der Waals surface area contributed by atoms with E-state index in [-0.39, 0.29) is 6.54 Å². The van der Waals surface area contributed by atoms with Crippen molar-refractivity contribution in [2.45, 2.75) is 59.3 Å². The summed E-state index contributed by atoms with van der Waals surface area (Å²) in [4.78, 5) is 27.4. The molecule has 0 aromatic carbocycles. The first kappa shape index (κ1) is 20.2. The second-order valence-corrected chi connectivity index (χ2v) is 8.49. The average Bonchev–Trinajstić information content (AvgIpc) is 2.59. The first-order valence-corrected chi connectivity index (χ1v) is 10.1. The van der Waals surface area contributed by atoms with Crippen molar-refractivity contribution in [2.24, 2.45) is 23.7 Å². The molecule has 5 nitrogen and oxygen atoms in total. The topological polar surface area (TPSA) is 60.9 Å². The van der Waals surface area contributed by atoms with Gasteiger partial charge in [-0.25, -0.2) is 0 Å². The summed E-state index contributed by atoms with van der Waals surface area (Å²) in [6.07, 6.45) is 6.06. The molecule has 0 aromatic rings. The quantitative estimate of drug-likeness (QED) is 0.765. The van der Waals surface area contributed by atoms with Crippen LogP contribution >= 0.6 is 0 Å². The SMILES string of the molecule is CC(C)C1CCN(C(=O)CCC(C)C2CCN(CC(=O)O)CC2)CC1. The van der Waals surface area contributed by atoms with Crippen molar-refractivity contribution in [3.8, 4) is 0 Å². The lowest BCUT2D eigenvalue weighted by molar-refractivity contribution is -0.139. The minimum Gasteiger partial charge on any atom is -0.480 e. The fourth-order valence-corrected chi connectivity index (χ4v) is 4.43. The van der Waals surface area contributed by atoms with Crippen molar-refractivity contribution in [1.29, 1.82) is 0 Å². The van der Waals surface area contributed by atoms with Crippen molar-refractivity contribution >= 4 is 11.9 Å². The predicted molar refractivity (Wildman–Crippen MR) is 99.3 cm³/mol. The van der Waals surface area contributed by atoms with Crippen LogP contribution in [0.4, 0.5) is 0 Å². The molecule has 2 aliphatic heterocycles. The van der Waals surface area contributed by atoms with E-state index in [1.807, 2.05) is 4.90 Å². The van der Waals surface area contributed by atoms with E-state index in [1.165, 1.54) is 0 Å². The number of nitrogens with zero attached hydrogens (tertiary/aromatic N) is 2. The number of carbonyl (C=O) groups excluding carboxylic acids is 1. The maximum Gasteiger partial charge on any atom is 0.317 e. The molecule has 0 radical (unpaired) electrons. The van der Waals surface area contributed by atoms with Crippen LogP contribution in [0.2, 0.25) is 0 Å². The third kappa shape index (κ3) is 6.28. The molecule has 25 heavy (non-hydrogen) atoms. The van der Waals surface area contributed by atoms with Crippen LogP contribution in [-0.4, -0.2) is 59.5 Å². The zero-order chi connectivity index (χ0) is 18.4. The van der Waals surface area contributed by atoms with Crippen LogP contribution in [0.3, 0.4) is 0 Å². The Balaban J connectivity index is 1.66. The lowest BCUT2D eigenvalue weighted by atomic mass is 9.82. The van der Waals surface area contributed by atoms with Gasteiger partial charge in [-0.1, -0.05) is 20.8 Å². The van der Waals surface area contributed by atoms with Gasteiger partial charge >= 0.3 is 5.97 Å². The maximum absolute atomic E-state index is 12.5. The highest BCUT2D eigenvalue weighted by Crippen LogP contribution is 2.29. The third-order valence-corrected chi connectivity index (χ3v) is 6.44. The predicted octanol–water partition coefficient (Wildman–Crippen LogP) is 3.09. The molecule has 0 saturated carbocycles. The van der Waals surface area contributed by atoms with Crippen LogP contribution in [-0.2, 0) is 9.59 Å². The van der Waals surface area contributed by atoms with E-state index in [9.17, 15) is 9.59 Å². The summed E-state index contributed by atoms with van der Waals surface area (Å²) in [6, 6.07) is 0. The molecule has 1 unspecified atom stereocenters. The molecule has 5 heteroatoms. The molecule has 0 bridgehead atoms. The molecule has 2 heterocycles. The highest BCUT2D eigenvalue weighted by atomic mass is 16.4. The number of carboxylic acid groups (broad SMARTS) is 1. The lowest BCUT2D eigenvalue weighted by Gasteiger charge is -2.35. The minimum absolute atomic E-state index is 0.159. The van der Waals surface area contributed by atoms with Crippen molar-refractivity contribution in [1.82, 2.24) is 9.80 Å². The molecular weight excluding hydrogens is 316 g/mol. The number of aliphatic carboxylic acids is 1. The van der Waals surface area contributed by atoms with Gasteiger partial charge in [0.25, 0.3) is 0 Å². The molecule has 144 valence electrons. The van der Waals surface area contributed by atoms with Gasteiger partial charge in [0.1, 0.15) is 0 Å². The Hall–Kier alpha value is -1.10. The van der Waals surface area contributed by atoms with Gasteiger partial charge in [-0.2, -0.15) is 0 Å². The van der Waals surface area contributed by atoms with Crippen LogP contribution in [0.15, 0.2) is 0 Å². The lowest BCUT2D eigenvalue weighted by Crippen LogP contribution is -2.40. The normalized spacial score (nSPS) is 22.3. The van der Waals surface area contributed by atoms with E-state index in [2.05, 4.69) is 25.7 Å². The number of carbonyl (C=O) groups is 2. The average molecular weight is 353 g/mol. The number of amides is 1. The second kappa shape index (κ2) is 9.56. The summed E-state index contributed by atoms with van der Waals surface area (Å²) in [7, 11) is 0. The van der Waals surface area contributed by atoms with E-state index < -0.39 is 5.97 Å². The first-order chi connectivity index (χ1) is 11.9. The monoisotopic (exact) mass is 352 g/mol. The zero-order valence-corrected chi connectivity index (χ0v) is 16.2. The van der Waals surface area contributed by atoms with Crippen LogP contribution in [0, 0.1) is 23.7 Å². The molecular formula is C20H36N2O3. The summed E-state index contributed by atoms with van der Waals surface area (Å²) >= 11 is 0. The first-order valence-electron chi connectivity index (χ1n) is 10.1. The molecule has 1 N–H and O–H groups in total. The highest BCUT2D eigenvalue weighted by Gasteiger charge is 2.27. The Morgan fingerprint density at radius 3 is 2.04 bits per heavy atom. The molecule has 0 aromatic heterocycles. The summed E-state index contributed by atoms with van der Waals surface area (Å²) in [5.41, 5.74) is 0. The van der Waals surface area contributed by atoms with Gasteiger partial charge in [0, 0.05) is 19.5 Å². The Morgan fingerprint density at radius 1 is 0.960 bits per heavy atom. The van der Waals surface area contributed by atoms with Gasteiger partial charge < -0.3 is 10.0 Å². The molecule has 2 aliphatic rings. The van der Waals surface area contributed by atoms with Crippen LogP contribution in [0.5, 0.6) is 0 Å². The van der Waals surface area contributed by atoms with Crippen LogP contribution < -0.4 is 0 Å². The smallest absolute Gasteiger partial charge is 0.317 e. The fraction of sp³-hybridized carbons (Fsp3) is 0.900. The molecule has 0 spiro atoms. The van der Waals surface area contributed by atoms with Gasteiger partial charge in [-0.3, -0.25) is 14.5 Å². The highest BCUT2D eigenvalue weighted by molar-refractivity contribution is 5.76. The summed E-state index contributed by atoms with van der Waals surface area (Å²) < 4.78 is 0. The van der Waals surface area contributed by atoms with Crippen LogP contribution in [0.1, 0.15) is 59.3 Å². The van der Waals surface area contributed by atoms with Gasteiger partial charge in [0.15, 0.2) is 0 Å². The van der Waals surface area contributed by atoms with Crippen molar-refractivity contribution in [3.63, 3.8) is 0 Å².